The molecule has 0 aliphatic rings. The molecular weight excluding hydrogens is 254 g/mol. The summed E-state index contributed by atoms with van der Waals surface area (Å²) in [5.41, 5.74) is 8.55. The molecule has 20 heavy (non-hydrogen) atoms. The van der Waals surface area contributed by atoms with Crippen LogP contribution in [0.15, 0.2) is 30.7 Å². The van der Waals surface area contributed by atoms with E-state index in [9.17, 15) is 0 Å². The van der Waals surface area contributed by atoms with Gasteiger partial charge in [0, 0.05) is 24.5 Å². The third-order valence-electron chi connectivity index (χ3n) is 3.23. The highest BCUT2D eigenvalue weighted by molar-refractivity contribution is 5.76. The topological polar surface area (TPSA) is 70.4 Å². The van der Waals surface area contributed by atoms with Gasteiger partial charge < -0.3 is 10.5 Å². The fourth-order valence-electron chi connectivity index (χ4n) is 2.27. The largest absolute Gasteiger partial charge is 0.493 e. The van der Waals surface area contributed by atoms with Crippen molar-refractivity contribution in [2.45, 2.75) is 19.9 Å². The average Bonchev–Trinajstić information content (AvgIpc) is 3.04. The first-order valence-electron chi connectivity index (χ1n) is 6.58. The van der Waals surface area contributed by atoms with E-state index in [4.69, 9.17) is 10.5 Å². The third kappa shape index (κ3) is 1.89. The molecule has 0 aromatic carbocycles. The third-order valence-corrected chi connectivity index (χ3v) is 3.23. The zero-order valence-electron chi connectivity index (χ0n) is 11.6. The number of nitrogens with two attached hydrogens (primary N) is 1. The van der Waals surface area contributed by atoms with Gasteiger partial charge in [0.25, 0.3) is 0 Å². The normalized spacial score (nSPS) is 11.1. The SMILES string of the molecule is CCCn1cc(-c2nc3c(OC)cccn3c2N)cn1. The van der Waals surface area contributed by atoms with Gasteiger partial charge in [-0.25, -0.2) is 4.98 Å². The number of pyridine rings is 1. The second-order valence-corrected chi connectivity index (χ2v) is 4.61. The number of fused-ring (bicyclic) bond motifs is 1. The fraction of sp³-hybridized carbons (Fsp3) is 0.286. The molecule has 0 aliphatic carbocycles. The van der Waals surface area contributed by atoms with Crippen LogP contribution in [0.5, 0.6) is 5.75 Å². The zero-order valence-corrected chi connectivity index (χ0v) is 11.6. The monoisotopic (exact) mass is 271 g/mol. The van der Waals surface area contributed by atoms with Crippen molar-refractivity contribution in [2.24, 2.45) is 0 Å². The maximum absolute atomic E-state index is 6.19. The summed E-state index contributed by atoms with van der Waals surface area (Å²) < 4.78 is 9.04. The maximum atomic E-state index is 6.19. The Balaban J connectivity index is 2.13. The quantitative estimate of drug-likeness (QED) is 0.789. The van der Waals surface area contributed by atoms with Crippen LogP contribution >= 0.6 is 0 Å². The molecule has 0 radical (unpaired) electrons. The van der Waals surface area contributed by atoms with Crippen molar-refractivity contribution in [1.29, 1.82) is 0 Å². The number of nitrogens with zero attached hydrogens (tertiary/aromatic N) is 4. The van der Waals surface area contributed by atoms with Crippen LogP contribution < -0.4 is 10.5 Å². The number of imidazole rings is 1. The predicted octanol–water partition coefficient (Wildman–Crippen LogP) is 2.20. The summed E-state index contributed by atoms with van der Waals surface area (Å²) in [5, 5.41) is 4.32. The van der Waals surface area contributed by atoms with Gasteiger partial charge in [0.1, 0.15) is 11.5 Å². The molecule has 0 saturated carbocycles. The summed E-state index contributed by atoms with van der Waals surface area (Å²) in [4.78, 5) is 4.59. The number of hydrogen-bond donors (Lipinski definition) is 1. The lowest BCUT2D eigenvalue weighted by Gasteiger charge is -2.01. The molecule has 6 heteroatoms. The summed E-state index contributed by atoms with van der Waals surface area (Å²) in [5.74, 6) is 1.29. The van der Waals surface area contributed by atoms with Gasteiger partial charge in [-0.2, -0.15) is 5.10 Å². The molecular formula is C14H17N5O. The Bertz CT molecular complexity index is 743. The molecule has 2 N–H and O–H groups in total. The van der Waals surface area contributed by atoms with Gasteiger partial charge in [-0.3, -0.25) is 9.08 Å². The molecule has 3 aromatic rings. The molecule has 0 fully saturated rings. The summed E-state index contributed by atoms with van der Waals surface area (Å²) >= 11 is 0. The highest BCUT2D eigenvalue weighted by Crippen LogP contribution is 2.29. The van der Waals surface area contributed by atoms with E-state index in [2.05, 4.69) is 17.0 Å². The van der Waals surface area contributed by atoms with Crippen molar-refractivity contribution in [3.05, 3.63) is 30.7 Å². The molecule has 3 heterocycles. The van der Waals surface area contributed by atoms with Crippen molar-refractivity contribution >= 4 is 11.5 Å². The minimum Gasteiger partial charge on any atom is -0.493 e. The molecule has 6 nitrogen and oxygen atoms in total. The van der Waals surface area contributed by atoms with Crippen LogP contribution in [0.4, 0.5) is 5.82 Å². The molecule has 104 valence electrons. The minimum atomic E-state index is 0.593. The number of nitrogen functional groups attached to an aromatic ring is 1. The average molecular weight is 271 g/mol. The van der Waals surface area contributed by atoms with Crippen LogP contribution in [0.25, 0.3) is 16.9 Å². The van der Waals surface area contributed by atoms with Crippen LogP contribution in [0, 0.1) is 0 Å². The highest BCUT2D eigenvalue weighted by Gasteiger charge is 2.15. The molecule has 0 amide bonds. The van der Waals surface area contributed by atoms with Crippen LogP contribution in [0.3, 0.4) is 0 Å². The first-order chi connectivity index (χ1) is 9.74. The summed E-state index contributed by atoms with van der Waals surface area (Å²) in [6.07, 6.45) is 6.67. The predicted molar refractivity (Wildman–Crippen MR) is 77.7 cm³/mol. The van der Waals surface area contributed by atoms with Gasteiger partial charge in [-0.1, -0.05) is 6.92 Å². The molecule has 0 bridgehead atoms. The number of aromatic nitrogens is 4. The van der Waals surface area contributed by atoms with E-state index in [1.54, 1.807) is 13.3 Å². The lowest BCUT2D eigenvalue weighted by Crippen LogP contribution is -1.96. The van der Waals surface area contributed by atoms with E-state index in [-0.39, 0.29) is 0 Å². The molecule has 3 aromatic heterocycles. The lowest BCUT2D eigenvalue weighted by atomic mass is 10.2. The Morgan fingerprint density at radius 2 is 2.25 bits per heavy atom. The van der Waals surface area contributed by atoms with Gasteiger partial charge in [-0.05, 0) is 18.6 Å². The summed E-state index contributed by atoms with van der Waals surface area (Å²) in [6, 6.07) is 3.75. The maximum Gasteiger partial charge on any atom is 0.181 e. The van der Waals surface area contributed by atoms with Crippen LogP contribution in [-0.4, -0.2) is 26.3 Å². The molecule has 0 spiro atoms. The summed E-state index contributed by atoms with van der Waals surface area (Å²) in [7, 11) is 1.62. The van der Waals surface area contributed by atoms with Crippen molar-refractivity contribution < 1.29 is 4.74 Å². The standard InChI is InChI=1S/C14H17N5O/c1-3-6-18-9-10(8-16-18)12-13(15)19-7-4-5-11(20-2)14(19)17-12/h4-5,7-9H,3,6,15H2,1-2H3. The fourth-order valence-corrected chi connectivity index (χ4v) is 2.27. The van der Waals surface area contributed by atoms with Gasteiger partial charge in [-0.15, -0.1) is 0 Å². The van der Waals surface area contributed by atoms with E-state index in [1.165, 1.54) is 0 Å². The van der Waals surface area contributed by atoms with E-state index >= 15 is 0 Å². The first-order valence-corrected chi connectivity index (χ1v) is 6.58. The Hall–Kier alpha value is -2.50. The Kier molecular flexibility index (Phi) is 3.06. The second kappa shape index (κ2) is 4.88. The van der Waals surface area contributed by atoms with Gasteiger partial charge in [0.15, 0.2) is 11.4 Å². The Morgan fingerprint density at radius 1 is 1.40 bits per heavy atom. The van der Waals surface area contributed by atoms with Crippen molar-refractivity contribution in [2.75, 3.05) is 12.8 Å². The van der Waals surface area contributed by atoms with E-state index in [1.807, 2.05) is 33.6 Å². The van der Waals surface area contributed by atoms with Gasteiger partial charge in [0.2, 0.25) is 0 Å². The number of aryl methyl sites for hydroxylation is 1. The number of ether oxygens (including phenoxy) is 1. The lowest BCUT2D eigenvalue weighted by molar-refractivity contribution is 0.417. The Morgan fingerprint density at radius 3 is 3.00 bits per heavy atom. The number of anilines is 1. The first kappa shape index (κ1) is 12.5. The smallest absolute Gasteiger partial charge is 0.181 e. The minimum absolute atomic E-state index is 0.593. The molecule has 0 saturated heterocycles. The van der Waals surface area contributed by atoms with E-state index in [0.717, 1.165) is 24.2 Å². The van der Waals surface area contributed by atoms with Crippen LogP contribution in [0.2, 0.25) is 0 Å². The zero-order chi connectivity index (χ0) is 14.1. The van der Waals surface area contributed by atoms with Gasteiger partial charge >= 0.3 is 0 Å². The number of methoxy groups -OCH3 is 1. The van der Waals surface area contributed by atoms with Crippen LogP contribution in [0.1, 0.15) is 13.3 Å². The van der Waals surface area contributed by atoms with Crippen molar-refractivity contribution in [1.82, 2.24) is 19.2 Å². The molecule has 0 atom stereocenters. The number of rotatable bonds is 4. The molecule has 3 rings (SSSR count). The second-order valence-electron chi connectivity index (χ2n) is 4.61. The molecule has 0 aliphatic heterocycles. The van der Waals surface area contributed by atoms with E-state index in [0.29, 0.717) is 17.2 Å². The van der Waals surface area contributed by atoms with E-state index < -0.39 is 0 Å². The highest BCUT2D eigenvalue weighted by atomic mass is 16.5. The molecule has 0 unspecified atom stereocenters. The number of hydrogen-bond acceptors (Lipinski definition) is 4. The van der Waals surface area contributed by atoms with Gasteiger partial charge in [0.05, 0.1) is 13.3 Å². The van der Waals surface area contributed by atoms with Crippen LogP contribution in [-0.2, 0) is 6.54 Å². The Labute approximate surface area is 116 Å². The van der Waals surface area contributed by atoms with Crippen molar-refractivity contribution in [3.63, 3.8) is 0 Å². The van der Waals surface area contributed by atoms with Crippen molar-refractivity contribution in [3.8, 4) is 17.0 Å². The summed E-state index contributed by atoms with van der Waals surface area (Å²) in [6.45, 7) is 3.00.